The van der Waals surface area contributed by atoms with Crippen molar-refractivity contribution in [1.29, 1.82) is 0 Å². The fraction of sp³-hybridized carbons (Fsp3) is 0.474. The molecule has 1 fully saturated rings. The number of nitrogens with zero attached hydrogens (tertiary/aromatic N) is 2. The van der Waals surface area contributed by atoms with Crippen LogP contribution in [-0.2, 0) is 12.4 Å². The summed E-state index contributed by atoms with van der Waals surface area (Å²) in [6.45, 7) is 1.25. The number of halogens is 6. The number of alkyl halides is 6. The van der Waals surface area contributed by atoms with Crippen LogP contribution in [0, 0.1) is 6.92 Å². The fourth-order valence-electron chi connectivity index (χ4n) is 3.37. The van der Waals surface area contributed by atoms with Gasteiger partial charge in [-0.2, -0.15) is 31.3 Å². The molecule has 0 bridgehead atoms. The number of benzene rings is 1. The lowest BCUT2D eigenvalue weighted by molar-refractivity contribution is -0.141. The maximum Gasteiger partial charge on any atom is 0.433 e. The molecule has 2 N–H and O–H groups in total. The molecular weight excluding hydrogens is 398 g/mol. The Kier molecular flexibility index (Phi) is 5.90. The minimum absolute atomic E-state index is 0.0234. The smallest absolute Gasteiger partial charge is 0.351 e. The molecule has 1 aliphatic carbocycles. The molecule has 0 spiro atoms. The van der Waals surface area contributed by atoms with Crippen LogP contribution in [0.4, 0.5) is 43.8 Å². The minimum atomic E-state index is -4.72. The molecule has 2 aromatic rings. The van der Waals surface area contributed by atoms with E-state index in [-0.39, 0.29) is 29.1 Å². The van der Waals surface area contributed by atoms with Gasteiger partial charge in [0.05, 0.1) is 5.56 Å². The number of aromatic nitrogens is 2. The van der Waals surface area contributed by atoms with Crippen molar-refractivity contribution < 1.29 is 26.3 Å². The van der Waals surface area contributed by atoms with Gasteiger partial charge < -0.3 is 10.6 Å². The van der Waals surface area contributed by atoms with Crippen LogP contribution >= 0.6 is 0 Å². The highest BCUT2D eigenvalue weighted by atomic mass is 19.4. The zero-order valence-electron chi connectivity index (χ0n) is 15.6. The standard InChI is InChI=1S/C19H20F6N4/c1-11-13(18(20,21)22)8-5-9-14(11)27-16-10-15(19(23,24)25)28-17(29-16)26-12-6-3-2-4-7-12/h5,8-10,12H,2-4,6-7H2,1H3,(H2,26,27,28,29). The molecule has 0 atom stereocenters. The number of hydrogen-bond donors (Lipinski definition) is 2. The molecule has 0 unspecified atom stereocenters. The molecular formula is C19H20F6N4. The molecule has 1 heterocycles. The number of nitrogens with one attached hydrogen (secondary N) is 2. The summed E-state index contributed by atoms with van der Waals surface area (Å²) in [7, 11) is 0. The van der Waals surface area contributed by atoms with Crippen molar-refractivity contribution in [3.63, 3.8) is 0 Å². The summed E-state index contributed by atoms with van der Waals surface area (Å²) < 4.78 is 79.1. The van der Waals surface area contributed by atoms with Crippen molar-refractivity contribution in [2.24, 2.45) is 0 Å². The maximum absolute atomic E-state index is 13.3. The third kappa shape index (κ3) is 5.30. The normalized spacial score (nSPS) is 16.0. The number of rotatable bonds is 4. The van der Waals surface area contributed by atoms with E-state index in [1.54, 1.807) is 0 Å². The lowest BCUT2D eigenvalue weighted by Crippen LogP contribution is -2.24. The molecule has 4 nitrogen and oxygen atoms in total. The summed E-state index contributed by atoms with van der Waals surface area (Å²) in [4.78, 5) is 7.61. The third-order valence-electron chi connectivity index (χ3n) is 4.86. The predicted molar refractivity (Wildman–Crippen MR) is 97.0 cm³/mol. The molecule has 10 heteroatoms. The second-order valence-corrected chi connectivity index (χ2v) is 7.04. The lowest BCUT2D eigenvalue weighted by atomic mass is 9.96. The summed E-state index contributed by atoms with van der Waals surface area (Å²) in [6, 6.07) is 4.11. The molecule has 29 heavy (non-hydrogen) atoms. The van der Waals surface area contributed by atoms with E-state index in [0.717, 1.165) is 38.2 Å². The van der Waals surface area contributed by atoms with Gasteiger partial charge in [0.2, 0.25) is 5.95 Å². The van der Waals surface area contributed by atoms with Gasteiger partial charge in [-0.3, -0.25) is 0 Å². The average Bonchev–Trinajstić information content (AvgIpc) is 2.62. The van der Waals surface area contributed by atoms with E-state index in [2.05, 4.69) is 20.6 Å². The van der Waals surface area contributed by atoms with Crippen molar-refractivity contribution in [1.82, 2.24) is 9.97 Å². The van der Waals surface area contributed by atoms with E-state index in [1.165, 1.54) is 19.1 Å². The van der Waals surface area contributed by atoms with Gasteiger partial charge in [-0.25, -0.2) is 4.98 Å². The lowest BCUT2D eigenvalue weighted by Gasteiger charge is -2.23. The minimum Gasteiger partial charge on any atom is -0.351 e. The second kappa shape index (κ2) is 8.08. The Bertz CT molecular complexity index is 857. The van der Waals surface area contributed by atoms with Crippen LogP contribution in [0.5, 0.6) is 0 Å². The zero-order valence-corrected chi connectivity index (χ0v) is 15.6. The fourth-order valence-corrected chi connectivity index (χ4v) is 3.37. The Morgan fingerprint density at radius 1 is 0.931 bits per heavy atom. The molecule has 0 saturated heterocycles. The summed E-state index contributed by atoms with van der Waals surface area (Å²) in [5.74, 6) is -0.424. The number of hydrogen-bond acceptors (Lipinski definition) is 4. The highest BCUT2D eigenvalue weighted by Crippen LogP contribution is 2.36. The highest BCUT2D eigenvalue weighted by Gasteiger charge is 2.35. The van der Waals surface area contributed by atoms with Gasteiger partial charge in [-0.1, -0.05) is 25.3 Å². The number of anilines is 3. The molecule has 1 aromatic heterocycles. The van der Waals surface area contributed by atoms with Crippen LogP contribution in [0.1, 0.15) is 48.9 Å². The topological polar surface area (TPSA) is 49.8 Å². The molecule has 158 valence electrons. The Morgan fingerprint density at radius 3 is 2.24 bits per heavy atom. The Balaban J connectivity index is 1.93. The summed E-state index contributed by atoms with van der Waals surface area (Å²) in [5.41, 5.74) is -2.14. The van der Waals surface area contributed by atoms with Gasteiger partial charge in [0, 0.05) is 17.8 Å². The van der Waals surface area contributed by atoms with Crippen LogP contribution in [0.15, 0.2) is 24.3 Å². The summed E-state index contributed by atoms with van der Waals surface area (Å²) >= 11 is 0. The van der Waals surface area contributed by atoms with Crippen LogP contribution in [-0.4, -0.2) is 16.0 Å². The van der Waals surface area contributed by atoms with Crippen molar-refractivity contribution in [2.75, 3.05) is 10.6 Å². The van der Waals surface area contributed by atoms with Crippen LogP contribution in [0.2, 0.25) is 0 Å². The van der Waals surface area contributed by atoms with Gasteiger partial charge in [-0.15, -0.1) is 0 Å². The van der Waals surface area contributed by atoms with E-state index in [9.17, 15) is 26.3 Å². The largest absolute Gasteiger partial charge is 0.433 e. The molecule has 1 aliphatic rings. The summed E-state index contributed by atoms with van der Waals surface area (Å²) in [5, 5.41) is 5.51. The van der Waals surface area contributed by atoms with Crippen molar-refractivity contribution in [3.8, 4) is 0 Å². The van der Waals surface area contributed by atoms with Gasteiger partial charge in [0.15, 0.2) is 5.69 Å². The van der Waals surface area contributed by atoms with Crippen molar-refractivity contribution >= 4 is 17.5 Å². The Labute approximate surface area is 163 Å². The third-order valence-corrected chi connectivity index (χ3v) is 4.86. The van der Waals surface area contributed by atoms with E-state index < -0.39 is 23.6 Å². The Hall–Kier alpha value is -2.52. The molecule has 3 rings (SSSR count). The van der Waals surface area contributed by atoms with Crippen LogP contribution < -0.4 is 10.6 Å². The first-order chi connectivity index (χ1) is 13.5. The average molecular weight is 418 g/mol. The first kappa shape index (κ1) is 21.2. The van der Waals surface area contributed by atoms with Crippen molar-refractivity contribution in [3.05, 3.63) is 41.1 Å². The van der Waals surface area contributed by atoms with Crippen LogP contribution in [0.3, 0.4) is 0 Å². The quantitative estimate of drug-likeness (QED) is 0.571. The highest BCUT2D eigenvalue weighted by molar-refractivity contribution is 5.63. The monoisotopic (exact) mass is 418 g/mol. The van der Waals surface area contributed by atoms with E-state index >= 15 is 0 Å². The first-order valence-corrected chi connectivity index (χ1v) is 9.20. The Morgan fingerprint density at radius 2 is 1.62 bits per heavy atom. The predicted octanol–water partition coefficient (Wildman–Crippen LogP) is 6.31. The molecule has 1 aromatic carbocycles. The zero-order chi connectivity index (χ0) is 21.2. The van der Waals surface area contributed by atoms with Gasteiger partial charge in [-0.05, 0) is 37.5 Å². The maximum atomic E-state index is 13.3. The molecule has 1 saturated carbocycles. The van der Waals surface area contributed by atoms with Crippen LogP contribution in [0.25, 0.3) is 0 Å². The van der Waals surface area contributed by atoms with Gasteiger partial charge in [0.25, 0.3) is 0 Å². The second-order valence-electron chi connectivity index (χ2n) is 7.04. The first-order valence-electron chi connectivity index (χ1n) is 9.20. The van der Waals surface area contributed by atoms with Crippen molar-refractivity contribution in [2.45, 2.75) is 57.4 Å². The molecule has 0 radical (unpaired) electrons. The van der Waals surface area contributed by atoms with Gasteiger partial charge >= 0.3 is 12.4 Å². The van der Waals surface area contributed by atoms with E-state index in [0.29, 0.717) is 6.07 Å². The SMILES string of the molecule is Cc1c(Nc2cc(C(F)(F)F)nc(NC3CCCCC3)n2)cccc1C(F)(F)F. The summed E-state index contributed by atoms with van der Waals surface area (Å²) in [6.07, 6.45) is -4.69. The molecule has 0 aliphatic heterocycles. The van der Waals surface area contributed by atoms with E-state index in [4.69, 9.17) is 0 Å². The van der Waals surface area contributed by atoms with E-state index in [1.807, 2.05) is 0 Å². The van der Waals surface area contributed by atoms with Gasteiger partial charge in [0.1, 0.15) is 5.82 Å². The molecule has 0 amide bonds.